The zero-order valence-corrected chi connectivity index (χ0v) is 19.2. The van der Waals surface area contributed by atoms with Gasteiger partial charge in [0.1, 0.15) is 18.1 Å². The van der Waals surface area contributed by atoms with E-state index in [4.69, 9.17) is 16.6 Å². The molecule has 0 aromatic carbocycles. The summed E-state index contributed by atoms with van der Waals surface area (Å²) in [6, 6.07) is -5.09. The van der Waals surface area contributed by atoms with E-state index >= 15 is 0 Å². The van der Waals surface area contributed by atoms with Gasteiger partial charge in [0.15, 0.2) is 0 Å². The number of carbonyl (C=O) groups is 5. The minimum Gasteiger partial charge on any atom is -0.481 e. The van der Waals surface area contributed by atoms with Gasteiger partial charge in [-0.05, 0) is 38.6 Å². The van der Waals surface area contributed by atoms with Gasteiger partial charge in [-0.3, -0.25) is 19.2 Å². The molecule has 0 rings (SSSR count). The summed E-state index contributed by atoms with van der Waals surface area (Å²) >= 11 is 0. The molecule has 0 spiro atoms. The number of nitrogens with one attached hydrogen (secondary N) is 3. The van der Waals surface area contributed by atoms with E-state index in [0.29, 0.717) is 25.8 Å². The number of unbranched alkanes of at least 4 members (excludes halogenated alkanes) is 1. The zero-order valence-electron chi connectivity index (χ0n) is 19.2. The number of amides is 3. The van der Waals surface area contributed by atoms with Crippen LogP contribution in [0.4, 0.5) is 0 Å². The first-order chi connectivity index (χ1) is 15.3. The molecule has 5 unspecified atom stereocenters. The SMILES string of the molecule is CC(C)C(NC(=O)C(NC(=O)C(CCC(=O)O)NC(=O)C(N)CCCCN)C(C)O)C(=O)O. The molecule has 0 aliphatic heterocycles. The predicted octanol–water partition coefficient (Wildman–Crippen LogP) is -2.12. The van der Waals surface area contributed by atoms with Gasteiger partial charge in [-0.2, -0.15) is 0 Å². The lowest BCUT2D eigenvalue weighted by Crippen LogP contribution is -2.60. The largest absolute Gasteiger partial charge is 0.481 e. The molecular formula is C20H37N5O8. The second-order valence-electron chi connectivity index (χ2n) is 8.18. The minimum absolute atomic E-state index is 0.291. The Morgan fingerprint density at radius 3 is 1.85 bits per heavy atom. The second-order valence-corrected chi connectivity index (χ2v) is 8.18. The van der Waals surface area contributed by atoms with Crippen LogP contribution in [0.2, 0.25) is 0 Å². The van der Waals surface area contributed by atoms with Crippen molar-refractivity contribution in [3.8, 4) is 0 Å². The van der Waals surface area contributed by atoms with E-state index in [-0.39, 0.29) is 6.42 Å². The van der Waals surface area contributed by atoms with Crippen LogP contribution in [-0.4, -0.2) is 81.8 Å². The highest BCUT2D eigenvalue weighted by Gasteiger charge is 2.33. The molecule has 190 valence electrons. The number of aliphatic hydroxyl groups excluding tert-OH is 1. The Bertz CT molecular complexity index is 685. The monoisotopic (exact) mass is 475 g/mol. The molecule has 0 aromatic rings. The summed E-state index contributed by atoms with van der Waals surface area (Å²) in [5.74, 6) is -5.51. The predicted molar refractivity (Wildman–Crippen MR) is 118 cm³/mol. The van der Waals surface area contributed by atoms with Gasteiger partial charge in [-0.1, -0.05) is 20.3 Å². The van der Waals surface area contributed by atoms with Crippen LogP contribution in [0.25, 0.3) is 0 Å². The van der Waals surface area contributed by atoms with Crippen molar-refractivity contribution in [2.75, 3.05) is 6.54 Å². The van der Waals surface area contributed by atoms with Crippen LogP contribution in [0.1, 0.15) is 52.9 Å². The maximum atomic E-state index is 12.8. The van der Waals surface area contributed by atoms with E-state index in [0.717, 1.165) is 0 Å². The Balaban J connectivity index is 5.40. The molecular weight excluding hydrogens is 438 g/mol. The molecule has 3 amide bonds. The van der Waals surface area contributed by atoms with Gasteiger partial charge >= 0.3 is 11.9 Å². The van der Waals surface area contributed by atoms with Crippen LogP contribution in [-0.2, 0) is 24.0 Å². The highest BCUT2D eigenvalue weighted by Crippen LogP contribution is 2.06. The van der Waals surface area contributed by atoms with Gasteiger partial charge in [-0.25, -0.2) is 4.79 Å². The fourth-order valence-electron chi connectivity index (χ4n) is 2.87. The van der Waals surface area contributed by atoms with Crippen molar-refractivity contribution in [2.45, 2.75) is 83.1 Å². The molecule has 0 heterocycles. The molecule has 0 saturated heterocycles. The lowest BCUT2D eigenvalue weighted by molar-refractivity contribution is -0.144. The number of nitrogens with two attached hydrogens (primary N) is 2. The topological polar surface area (TPSA) is 234 Å². The van der Waals surface area contributed by atoms with E-state index < -0.39 is 72.3 Å². The lowest BCUT2D eigenvalue weighted by Gasteiger charge is -2.27. The number of carbonyl (C=O) groups excluding carboxylic acids is 3. The first-order valence-corrected chi connectivity index (χ1v) is 10.8. The number of rotatable bonds is 16. The van der Waals surface area contributed by atoms with Crippen molar-refractivity contribution in [1.82, 2.24) is 16.0 Å². The van der Waals surface area contributed by atoms with Crippen LogP contribution in [0, 0.1) is 5.92 Å². The summed E-state index contributed by atoms with van der Waals surface area (Å²) in [5, 5.41) is 35.1. The Morgan fingerprint density at radius 1 is 0.818 bits per heavy atom. The first-order valence-electron chi connectivity index (χ1n) is 10.8. The average molecular weight is 476 g/mol. The summed E-state index contributed by atoms with van der Waals surface area (Å²) in [4.78, 5) is 60.0. The number of aliphatic hydroxyl groups is 1. The van der Waals surface area contributed by atoms with Gasteiger partial charge in [-0.15, -0.1) is 0 Å². The van der Waals surface area contributed by atoms with Gasteiger partial charge in [0.05, 0.1) is 12.1 Å². The van der Waals surface area contributed by atoms with Crippen LogP contribution < -0.4 is 27.4 Å². The summed E-state index contributed by atoms with van der Waals surface area (Å²) in [6.45, 7) is 4.79. The summed E-state index contributed by atoms with van der Waals surface area (Å²) in [5.41, 5.74) is 11.2. The molecule has 0 aromatic heterocycles. The van der Waals surface area contributed by atoms with E-state index in [9.17, 15) is 34.2 Å². The number of carboxylic acids is 2. The third kappa shape index (κ3) is 11.6. The maximum absolute atomic E-state index is 12.8. The second kappa shape index (κ2) is 15.1. The Hall–Kier alpha value is -2.77. The molecule has 0 bridgehead atoms. The molecule has 0 radical (unpaired) electrons. The molecule has 0 saturated carbocycles. The Morgan fingerprint density at radius 2 is 1.39 bits per heavy atom. The van der Waals surface area contributed by atoms with E-state index in [1.54, 1.807) is 13.8 Å². The maximum Gasteiger partial charge on any atom is 0.326 e. The highest BCUT2D eigenvalue weighted by molar-refractivity contribution is 5.94. The van der Waals surface area contributed by atoms with E-state index in [1.165, 1.54) is 6.92 Å². The van der Waals surface area contributed by atoms with E-state index in [1.807, 2.05) is 0 Å². The van der Waals surface area contributed by atoms with Crippen molar-refractivity contribution in [3.05, 3.63) is 0 Å². The number of hydrogen-bond donors (Lipinski definition) is 8. The average Bonchev–Trinajstić information content (AvgIpc) is 2.71. The van der Waals surface area contributed by atoms with Crippen LogP contribution in [0.15, 0.2) is 0 Å². The molecule has 0 aliphatic carbocycles. The fraction of sp³-hybridized carbons (Fsp3) is 0.750. The minimum atomic E-state index is -1.54. The van der Waals surface area contributed by atoms with Crippen molar-refractivity contribution in [1.29, 1.82) is 0 Å². The molecule has 13 heteroatoms. The van der Waals surface area contributed by atoms with Crippen molar-refractivity contribution >= 4 is 29.7 Å². The van der Waals surface area contributed by atoms with Gasteiger partial charge < -0.3 is 42.7 Å². The lowest BCUT2D eigenvalue weighted by atomic mass is 10.0. The zero-order chi connectivity index (χ0) is 25.7. The number of aliphatic carboxylic acids is 2. The Labute approximate surface area is 192 Å². The van der Waals surface area contributed by atoms with Gasteiger partial charge in [0, 0.05) is 6.42 Å². The Kier molecular flexibility index (Phi) is 13.9. The van der Waals surface area contributed by atoms with Crippen molar-refractivity contribution < 1.29 is 39.3 Å². The van der Waals surface area contributed by atoms with Crippen LogP contribution in [0.3, 0.4) is 0 Å². The van der Waals surface area contributed by atoms with Crippen molar-refractivity contribution in [2.24, 2.45) is 17.4 Å². The van der Waals surface area contributed by atoms with Gasteiger partial charge in [0.2, 0.25) is 17.7 Å². The summed E-state index contributed by atoms with van der Waals surface area (Å²) in [7, 11) is 0. The van der Waals surface area contributed by atoms with Crippen LogP contribution >= 0.6 is 0 Å². The first kappa shape index (κ1) is 30.2. The summed E-state index contributed by atoms with van der Waals surface area (Å²) < 4.78 is 0. The molecule has 33 heavy (non-hydrogen) atoms. The van der Waals surface area contributed by atoms with E-state index in [2.05, 4.69) is 16.0 Å². The quantitative estimate of drug-likeness (QED) is 0.113. The normalized spacial score (nSPS) is 15.6. The fourth-order valence-corrected chi connectivity index (χ4v) is 2.87. The smallest absolute Gasteiger partial charge is 0.326 e. The van der Waals surface area contributed by atoms with Crippen LogP contribution in [0.5, 0.6) is 0 Å². The van der Waals surface area contributed by atoms with Crippen molar-refractivity contribution in [3.63, 3.8) is 0 Å². The highest BCUT2D eigenvalue weighted by atomic mass is 16.4. The van der Waals surface area contributed by atoms with Gasteiger partial charge in [0.25, 0.3) is 0 Å². The molecule has 0 aliphatic rings. The third-order valence-electron chi connectivity index (χ3n) is 4.88. The molecule has 5 atom stereocenters. The number of hydrogen-bond acceptors (Lipinski definition) is 8. The molecule has 10 N–H and O–H groups in total. The molecule has 0 fully saturated rings. The summed E-state index contributed by atoms with van der Waals surface area (Å²) in [6.07, 6.45) is -0.614. The standard InChI is InChI=1S/C20H37N5O8/c1-10(2)15(20(32)33)24-19(31)16(11(3)26)25-18(30)13(7-8-14(27)28)23-17(29)12(22)6-4-5-9-21/h10-13,15-16,26H,4-9,21-22H2,1-3H3,(H,23,29)(H,24,31)(H,25,30)(H,27,28)(H,32,33). The third-order valence-corrected chi connectivity index (χ3v) is 4.88. The molecule has 13 nitrogen and oxygen atoms in total. The number of carboxylic acid groups (broad SMARTS) is 2.